The van der Waals surface area contributed by atoms with Gasteiger partial charge < -0.3 is 19.5 Å². The number of benzene rings is 3. The molecule has 204 valence electrons. The average molecular weight is 538 g/mol. The summed E-state index contributed by atoms with van der Waals surface area (Å²) in [5, 5.41) is 11.5. The van der Waals surface area contributed by atoms with Gasteiger partial charge in [-0.15, -0.1) is 13.2 Å². The van der Waals surface area contributed by atoms with Crippen LogP contribution in [0.4, 0.5) is 18.0 Å². The average Bonchev–Trinajstić information content (AvgIpc) is 3.19. The molecule has 5 nitrogen and oxygen atoms in total. The Morgan fingerprint density at radius 2 is 1.54 bits per heavy atom. The zero-order valence-corrected chi connectivity index (χ0v) is 21.4. The first kappa shape index (κ1) is 25.7. The summed E-state index contributed by atoms with van der Waals surface area (Å²) < 4.78 is 48.0. The van der Waals surface area contributed by atoms with Gasteiger partial charge in [-0.25, -0.2) is 4.79 Å². The monoisotopic (exact) mass is 537 g/mol. The smallest absolute Gasteiger partial charge is 0.448 e. The third kappa shape index (κ3) is 5.22. The highest BCUT2D eigenvalue weighted by atomic mass is 19.4. The largest absolute Gasteiger partial charge is 0.573 e. The van der Waals surface area contributed by atoms with Gasteiger partial charge in [0.1, 0.15) is 12.4 Å². The number of ether oxygens (including phenoxy) is 2. The van der Waals surface area contributed by atoms with Gasteiger partial charge in [0.05, 0.1) is 5.60 Å². The Balaban J connectivity index is 1.14. The van der Waals surface area contributed by atoms with Gasteiger partial charge in [0, 0.05) is 24.4 Å². The number of fused-ring (bicyclic) bond motifs is 5. The summed E-state index contributed by atoms with van der Waals surface area (Å²) in [6.07, 6.45) is -1.81. The zero-order chi connectivity index (χ0) is 27.2. The molecular weight excluding hydrogens is 507 g/mol. The molecule has 2 fully saturated rings. The maximum absolute atomic E-state index is 13.4. The number of piperidine rings is 2. The molecule has 2 heterocycles. The summed E-state index contributed by atoms with van der Waals surface area (Å²) >= 11 is 0. The van der Waals surface area contributed by atoms with E-state index in [1.807, 2.05) is 24.3 Å². The summed E-state index contributed by atoms with van der Waals surface area (Å²) in [5.41, 5.74) is 4.06. The van der Waals surface area contributed by atoms with E-state index in [4.69, 9.17) is 4.74 Å². The van der Waals surface area contributed by atoms with E-state index in [0.717, 1.165) is 30.4 Å². The number of hydrogen-bond acceptors (Lipinski definition) is 4. The lowest BCUT2D eigenvalue weighted by molar-refractivity contribution is -0.274. The van der Waals surface area contributed by atoms with Crippen molar-refractivity contribution in [2.75, 3.05) is 6.61 Å². The number of aliphatic hydroxyl groups is 1. The van der Waals surface area contributed by atoms with Crippen molar-refractivity contribution in [3.63, 3.8) is 0 Å². The van der Waals surface area contributed by atoms with Crippen LogP contribution in [0.25, 0.3) is 11.1 Å². The van der Waals surface area contributed by atoms with Gasteiger partial charge in [0.25, 0.3) is 0 Å². The minimum Gasteiger partial charge on any atom is -0.448 e. The van der Waals surface area contributed by atoms with E-state index >= 15 is 0 Å². The molecule has 6 rings (SSSR count). The fraction of sp³-hybridized carbons (Fsp3) is 0.387. The summed E-state index contributed by atoms with van der Waals surface area (Å²) in [5.74, 6) is -0.339. The highest BCUT2D eigenvalue weighted by Gasteiger charge is 2.48. The Labute approximate surface area is 225 Å². The normalized spacial score (nSPS) is 24.2. The Bertz CT molecular complexity index is 1310. The SMILES string of the molecule is O=C(OCC1c2ccccc2-c2ccccc21)N1C2CCCC1CC(O)(Cc1cccc(OC(F)(F)F)c1)C2. The number of hydrogen-bond donors (Lipinski definition) is 1. The van der Waals surface area contributed by atoms with Crippen LogP contribution in [0.1, 0.15) is 54.7 Å². The molecule has 3 aliphatic rings. The third-order valence-corrected chi connectivity index (χ3v) is 8.30. The Kier molecular flexibility index (Phi) is 6.53. The van der Waals surface area contributed by atoms with Crippen LogP contribution in [0, 0.1) is 0 Å². The second-order valence-corrected chi connectivity index (χ2v) is 11.0. The number of rotatable bonds is 5. The van der Waals surface area contributed by atoms with Gasteiger partial charge >= 0.3 is 12.5 Å². The summed E-state index contributed by atoms with van der Waals surface area (Å²) in [6, 6.07) is 21.8. The molecule has 2 atom stereocenters. The van der Waals surface area contributed by atoms with Crippen molar-refractivity contribution in [1.29, 1.82) is 0 Å². The minimum absolute atomic E-state index is 0.0332. The number of alkyl halides is 3. The molecule has 1 amide bonds. The topological polar surface area (TPSA) is 59.0 Å². The van der Waals surface area contributed by atoms with Gasteiger partial charge in [-0.1, -0.05) is 60.7 Å². The third-order valence-electron chi connectivity index (χ3n) is 8.30. The maximum Gasteiger partial charge on any atom is 0.573 e. The summed E-state index contributed by atoms with van der Waals surface area (Å²) in [4.78, 5) is 15.2. The molecule has 1 aliphatic carbocycles. The Morgan fingerprint density at radius 3 is 2.15 bits per heavy atom. The van der Waals surface area contributed by atoms with Crippen LogP contribution < -0.4 is 4.74 Å². The molecular formula is C31H30F3NO4. The fourth-order valence-corrected chi connectivity index (χ4v) is 6.87. The number of carbonyl (C=O) groups is 1. The second kappa shape index (κ2) is 9.90. The van der Waals surface area contributed by atoms with E-state index in [-0.39, 0.29) is 42.9 Å². The van der Waals surface area contributed by atoms with Gasteiger partial charge in [0.15, 0.2) is 0 Å². The molecule has 39 heavy (non-hydrogen) atoms. The highest BCUT2D eigenvalue weighted by molar-refractivity contribution is 5.79. The highest BCUT2D eigenvalue weighted by Crippen LogP contribution is 2.45. The van der Waals surface area contributed by atoms with Gasteiger partial charge in [0.2, 0.25) is 0 Å². The van der Waals surface area contributed by atoms with Crippen molar-refractivity contribution in [2.24, 2.45) is 0 Å². The first-order valence-electron chi connectivity index (χ1n) is 13.4. The quantitative estimate of drug-likeness (QED) is 0.388. The van der Waals surface area contributed by atoms with Crippen LogP contribution in [0.2, 0.25) is 0 Å². The molecule has 0 spiro atoms. The van der Waals surface area contributed by atoms with E-state index in [1.54, 1.807) is 11.0 Å². The van der Waals surface area contributed by atoms with Gasteiger partial charge in [-0.05, 0) is 72.1 Å². The fourth-order valence-electron chi connectivity index (χ4n) is 6.87. The van der Waals surface area contributed by atoms with E-state index in [9.17, 15) is 23.1 Å². The van der Waals surface area contributed by atoms with Crippen LogP contribution in [0.5, 0.6) is 5.75 Å². The number of nitrogens with zero attached hydrogens (tertiary/aromatic N) is 1. The zero-order valence-electron chi connectivity index (χ0n) is 21.4. The molecule has 2 bridgehead atoms. The maximum atomic E-state index is 13.4. The van der Waals surface area contributed by atoms with Crippen molar-refractivity contribution in [3.05, 3.63) is 89.5 Å². The number of halogens is 3. The first-order chi connectivity index (χ1) is 18.7. The van der Waals surface area contributed by atoms with E-state index in [2.05, 4.69) is 29.0 Å². The van der Waals surface area contributed by atoms with Crippen molar-refractivity contribution >= 4 is 6.09 Å². The second-order valence-electron chi connectivity index (χ2n) is 11.0. The summed E-state index contributed by atoms with van der Waals surface area (Å²) in [6.45, 7) is 0.235. The van der Waals surface area contributed by atoms with Crippen LogP contribution in [-0.4, -0.2) is 46.8 Å². The molecule has 0 saturated carbocycles. The lowest BCUT2D eigenvalue weighted by atomic mass is 9.73. The predicted octanol–water partition coefficient (Wildman–Crippen LogP) is 6.82. The number of carbonyl (C=O) groups excluding carboxylic acids is 1. The molecule has 1 N–H and O–H groups in total. The van der Waals surface area contributed by atoms with Gasteiger partial charge in [-0.3, -0.25) is 0 Å². The van der Waals surface area contributed by atoms with Crippen LogP contribution in [-0.2, 0) is 11.2 Å². The molecule has 0 radical (unpaired) electrons. The molecule has 3 aromatic rings. The minimum atomic E-state index is -4.78. The molecule has 0 aromatic heterocycles. The predicted molar refractivity (Wildman–Crippen MR) is 139 cm³/mol. The van der Waals surface area contributed by atoms with E-state index in [0.29, 0.717) is 18.4 Å². The van der Waals surface area contributed by atoms with Crippen LogP contribution >= 0.6 is 0 Å². The van der Waals surface area contributed by atoms with E-state index in [1.165, 1.54) is 29.3 Å². The Morgan fingerprint density at radius 1 is 0.923 bits per heavy atom. The molecule has 3 aromatic carbocycles. The lowest BCUT2D eigenvalue weighted by Gasteiger charge is -2.51. The number of amides is 1. The molecule has 2 saturated heterocycles. The lowest BCUT2D eigenvalue weighted by Crippen LogP contribution is -2.60. The standard InChI is InChI=1S/C31H30F3NO4/c32-31(33,34)39-23-10-5-7-20(15-23)16-30(37)17-21-8-6-9-22(18-30)35(21)29(36)38-19-28-26-13-3-1-11-24(26)25-12-2-4-14-27(25)28/h1-5,7,10-15,21-22,28,37H,6,8-9,16-19H2. The van der Waals surface area contributed by atoms with Crippen molar-refractivity contribution < 1.29 is 32.5 Å². The molecule has 2 unspecified atom stereocenters. The van der Waals surface area contributed by atoms with Crippen LogP contribution in [0.3, 0.4) is 0 Å². The molecule has 2 aliphatic heterocycles. The van der Waals surface area contributed by atoms with Gasteiger partial charge in [-0.2, -0.15) is 0 Å². The van der Waals surface area contributed by atoms with Crippen molar-refractivity contribution in [2.45, 2.75) is 68.5 Å². The first-order valence-corrected chi connectivity index (χ1v) is 13.4. The molecule has 8 heteroatoms. The van der Waals surface area contributed by atoms with Crippen molar-refractivity contribution in [3.8, 4) is 16.9 Å². The van der Waals surface area contributed by atoms with E-state index < -0.39 is 12.0 Å². The van der Waals surface area contributed by atoms with Crippen LogP contribution in [0.15, 0.2) is 72.8 Å². The van der Waals surface area contributed by atoms with Crippen molar-refractivity contribution in [1.82, 2.24) is 4.90 Å². The summed E-state index contributed by atoms with van der Waals surface area (Å²) in [7, 11) is 0. The Hall–Kier alpha value is -3.52.